The number of phenolic OH excluding ortho intramolecular Hbond substituents is 1. The number of hydrogen-bond donors (Lipinski definition) is 4. The number of amides is 2. The van der Waals surface area contributed by atoms with E-state index in [0.29, 0.717) is 16.9 Å². The number of rotatable bonds is 5. The van der Waals surface area contributed by atoms with Gasteiger partial charge in [-0.25, -0.2) is 4.79 Å². The van der Waals surface area contributed by atoms with E-state index in [1.165, 1.54) is 40.9 Å². The molecule has 28 heavy (non-hydrogen) atoms. The number of benzene rings is 1. The molecule has 0 spiro atoms. The minimum Gasteiger partial charge on any atom is -1.00 e. The zero-order valence-corrected chi connectivity index (χ0v) is 18.3. The van der Waals surface area contributed by atoms with Crippen molar-refractivity contribution in [3.63, 3.8) is 0 Å². The van der Waals surface area contributed by atoms with Gasteiger partial charge < -0.3 is 22.7 Å². The smallest absolute Gasteiger partial charge is 1.00 e. The summed E-state index contributed by atoms with van der Waals surface area (Å²) in [6, 6.07) is 4.06. The van der Waals surface area contributed by atoms with E-state index >= 15 is 0 Å². The Morgan fingerprint density at radius 1 is 1.39 bits per heavy atom. The fourth-order valence-corrected chi connectivity index (χ4v) is 4.37. The first-order valence-electron chi connectivity index (χ1n) is 8.24. The maximum atomic E-state index is 12.5. The maximum Gasteiger partial charge on any atom is 1.00 e. The summed E-state index contributed by atoms with van der Waals surface area (Å²) < 4.78 is 0. The summed E-state index contributed by atoms with van der Waals surface area (Å²) in [6.07, 6.45) is 3.39. The van der Waals surface area contributed by atoms with Crippen molar-refractivity contribution in [2.45, 2.75) is 24.4 Å². The summed E-state index contributed by atoms with van der Waals surface area (Å²) in [6.45, 7) is 1.77. The largest absolute Gasteiger partial charge is 1.00 e. The molecule has 0 bridgehead atoms. The number of nitrogens with two attached hydrogens (primary N) is 1. The van der Waals surface area contributed by atoms with Crippen molar-refractivity contribution >= 4 is 29.5 Å². The minimum atomic E-state index is -1.17. The Hall–Kier alpha value is -1.78. The molecule has 0 radical (unpaired) electrons. The summed E-state index contributed by atoms with van der Waals surface area (Å²) >= 11 is 1.39. The van der Waals surface area contributed by atoms with Crippen LogP contribution in [0.5, 0.6) is 5.75 Å². The number of thioether (sulfide) groups is 1. The van der Waals surface area contributed by atoms with E-state index < -0.39 is 35.2 Å². The summed E-state index contributed by atoms with van der Waals surface area (Å²) in [7, 11) is 0. The summed E-state index contributed by atoms with van der Waals surface area (Å²) in [5.74, 6) is -1.71. The number of fused-ring (bicyclic) bond motifs is 1. The molecule has 2 heterocycles. The second kappa shape index (κ2) is 9.15. The van der Waals surface area contributed by atoms with Gasteiger partial charge in [0.1, 0.15) is 28.9 Å². The SMILES string of the molecule is C/C=C/C1=C(C(=O)O)N2C(=O)[C@@H](NC(=O)C(N)c3ccc(O)cc3)[C@H]2SC1.[H-].[Na+]. The molecule has 8 nitrogen and oxygen atoms in total. The summed E-state index contributed by atoms with van der Waals surface area (Å²) in [5.41, 5.74) is 6.93. The van der Waals surface area contributed by atoms with E-state index in [1.54, 1.807) is 19.1 Å². The molecule has 3 rings (SSSR count). The standard InChI is InChI=1S/C18H19N3O5S.Na.H/c1-2-3-10-8-27-17-13(16(24)21(17)14(10)18(25)26)20-15(23)12(19)9-4-6-11(22)7-5-9;;/h2-7,12-13,17,22H,8,19H2,1H3,(H,20,23)(H,25,26);;/q;+1;-1/b3-2+;;/t12?,13-,17-;;/m1../s1. The van der Waals surface area contributed by atoms with Gasteiger partial charge in [0.2, 0.25) is 5.91 Å². The number of carboxylic acids is 1. The van der Waals surface area contributed by atoms with Crippen molar-refractivity contribution in [1.82, 2.24) is 10.2 Å². The number of carboxylic acid groups (broad SMARTS) is 1. The molecule has 3 atom stereocenters. The summed E-state index contributed by atoms with van der Waals surface area (Å²) in [5, 5.41) is 20.9. The fourth-order valence-electron chi connectivity index (χ4n) is 3.05. The van der Waals surface area contributed by atoms with Crippen molar-refractivity contribution in [1.29, 1.82) is 0 Å². The van der Waals surface area contributed by atoms with Gasteiger partial charge in [-0.1, -0.05) is 24.3 Å². The van der Waals surface area contributed by atoms with Crippen molar-refractivity contribution < 1.29 is 55.6 Å². The molecule has 0 aromatic heterocycles. The Balaban J connectivity index is 0.00000210. The number of hydrogen-bond acceptors (Lipinski definition) is 6. The third kappa shape index (κ3) is 4.13. The number of nitrogens with one attached hydrogen (secondary N) is 1. The molecule has 2 aliphatic rings. The quantitative estimate of drug-likeness (QED) is 0.319. The van der Waals surface area contributed by atoms with Crippen LogP contribution in [0.1, 0.15) is 20.0 Å². The van der Waals surface area contributed by atoms with Crippen molar-refractivity contribution in [3.8, 4) is 5.75 Å². The number of allylic oxidation sites excluding steroid dienone is 2. The van der Waals surface area contributed by atoms with Gasteiger partial charge in [-0.15, -0.1) is 11.8 Å². The van der Waals surface area contributed by atoms with Crippen molar-refractivity contribution in [2.75, 3.05) is 5.75 Å². The molecule has 2 amide bonds. The number of aromatic hydroxyl groups is 1. The van der Waals surface area contributed by atoms with Crippen molar-refractivity contribution in [2.24, 2.45) is 5.73 Å². The van der Waals surface area contributed by atoms with Gasteiger partial charge >= 0.3 is 35.5 Å². The van der Waals surface area contributed by atoms with Crippen LogP contribution in [-0.4, -0.2) is 50.1 Å². The van der Waals surface area contributed by atoms with Gasteiger partial charge in [-0.2, -0.15) is 0 Å². The maximum absolute atomic E-state index is 12.5. The number of aliphatic carboxylic acids is 1. The van der Waals surface area contributed by atoms with E-state index in [4.69, 9.17) is 5.73 Å². The molecule has 10 heteroatoms. The van der Waals surface area contributed by atoms with Crippen LogP contribution in [-0.2, 0) is 14.4 Å². The van der Waals surface area contributed by atoms with Crippen LogP contribution in [0.4, 0.5) is 0 Å². The van der Waals surface area contributed by atoms with Gasteiger partial charge in [0, 0.05) is 5.75 Å². The minimum absolute atomic E-state index is 0. The number of carbonyl (C=O) groups is 3. The molecule has 1 fully saturated rings. The third-order valence-electron chi connectivity index (χ3n) is 4.40. The molecule has 1 aromatic rings. The molecule has 1 unspecified atom stereocenters. The first kappa shape index (κ1) is 22.5. The van der Waals surface area contributed by atoms with Crippen LogP contribution in [0.15, 0.2) is 47.7 Å². The van der Waals surface area contributed by atoms with Crippen molar-refractivity contribution in [3.05, 3.63) is 53.3 Å². The van der Waals surface area contributed by atoms with E-state index in [1.807, 2.05) is 0 Å². The second-order valence-electron chi connectivity index (χ2n) is 6.14. The Labute approximate surface area is 189 Å². The molecule has 144 valence electrons. The van der Waals surface area contributed by atoms with E-state index in [2.05, 4.69) is 5.32 Å². The van der Waals surface area contributed by atoms with Gasteiger partial charge in [0.05, 0.1) is 0 Å². The molecule has 1 aromatic carbocycles. The average Bonchev–Trinajstić information content (AvgIpc) is 2.65. The normalized spacial score (nSPS) is 22.2. The van der Waals surface area contributed by atoms with Crippen LogP contribution in [0.3, 0.4) is 0 Å². The molecule has 0 saturated carbocycles. The molecule has 1 saturated heterocycles. The molecule has 2 aliphatic heterocycles. The van der Waals surface area contributed by atoms with Gasteiger partial charge in [-0.05, 0) is 30.2 Å². The average molecular weight is 413 g/mol. The first-order valence-corrected chi connectivity index (χ1v) is 9.28. The van der Waals surface area contributed by atoms with Gasteiger partial charge in [-0.3, -0.25) is 14.5 Å². The van der Waals surface area contributed by atoms with Gasteiger partial charge in [0.15, 0.2) is 0 Å². The topological polar surface area (TPSA) is 133 Å². The van der Waals surface area contributed by atoms with E-state index in [-0.39, 0.29) is 42.4 Å². The number of β-lactam (4-membered cyclic amide) rings is 1. The number of carbonyl (C=O) groups excluding carboxylic acids is 2. The zero-order chi connectivity index (χ0) is 19.7. The van der Waals surface area contributed by atoms with E-state index in [0.717, 1.165) is 0 Å². The number of nitrogens with zero attached hydrogens (tertiary/aromatic N) is 1. The third-order valence-corrected chi connectivity index (χ3v) is 5.70. The first-order chi connectivity index (χ1) is 12.8. The Kier molecular flexibility index (Phi) is 7.35. The monoisotopic (exact) mass is 413 g/mol. The van der Waals surface area contributed by atoms with Gasteiger partial charge in [0.25, 0.3) is 5.91 Å². The predicted molar refractivity (Wildman–Crippen MR) is 101 cm³/mol. The fraction of sp³-hybridized carbons (Fsp3) is 0.278. The van der Waals surface area contributed by atoms with Crippen LogP contribution >= 0.6 is 11.8 Å². The summed E-state index contributed by atoms with van der Waals surface area (Å²) in [4.78, 5) is 37.7. The molecule has 5 N–H and O–H groups in total. The second-order valence-corrected chi connectivity index (χ2v) is 7.25. The molecular formula is C18H20N3NaO5S. The van der Waals surface area contributed by atoms with Crippen LogP contribution < -0.4 is 40.6 Å². The van der Waals surface area contributed by atoms with Crippen LogP contribution in [0.2, 0.25) is 0 Å². The van der Waals surface area contributed by atoms with E-state index in [9.17, 15) is 24.6 Å². The van der Waals surface area contributed by atoms with Crippen LogP contribution in [0.25, 0.3) is 0 Å². The Bertz CT molecular complexity index is 862. The predicted octanol–water partition coefficient (Wildman–Crippen LogP) is -2.18. The molecule has 0 aliphatic carbocycles. The molecular weight excluding hydrogens is 393 g/mol. The van der Waals surface area contributed by atoms with Crippen LogP contribution in [0, 0.1) is 0 Å². The Morgan fingerprint density at radius 3 is 2.61 bits per heavy atom. The zero-order valence-electron chi connectivity index (χ0n) is 16.5. The Morgan fingerprint density at radius 2 is 2.04 bits per heavy atom. The number of phenols is 1.